The highest BCUT2D eigenvalue weighted by molar-refractivity contribution is 5.90. The monoisotopic (exact) mass is 158 g/mol. The van der Waals surface area contributed by atoms with Crippen LogP contribution in [0.3, 0.4) is 0 Å². The van der Waals surface area contributed by atoms with Crippen LogP contribution in [-0.4, -0.2) is 17.4 Å². The van der Waals surface area contributed by atoms with Crippen molar-refractivity contribution in [1.82, 2.24) is 5.32 Å². The molecule has 11 heavy (non-hydrogen) atoms. The Hall–Kier alpha value is -1.26. The van der Waals surface area contributed by atoms with E-state index < -0.39 is 11.6 Å². The number of hydrogen-bond donors (Lipinski definition) is 4. The summed E-state index contributed by atoms with van der Waals surface area (Å²) < 4.78 is 0. The maximum atomic E-state index is 10.4. The molecule has 0 saturated carbocycles. The molecule has 0 heterocycles. The molecular formula is C6H14N4O. The fourth-order valence-corrected chi connectivity index (χ4v) is 0.618. The number of carbonyl (C=O) groups excluding carboxylic acids is 1. The van der Waals surface area contributed by atoms with Gasteiger partial charge in [-0.1, -0.05) is 6.92 Å². The van der Waals surface area contributed by atoms with Crippen LogP contribution in [0.25, 0.3) is 0 Å². The van der Waals surface area contributed by atoms with Crippen LogP contribution >= 0.6 is 0 Å². The van der Waals surface area contributed by atoms with Gasteiger partial charge in [-0.25, -0.2) is 4.79 Å². The van der Waals surface area contributed by atoms with Crippen LogP contribution in [0.2, 0.25) is 0 Å². The number of nitrogens with one attached hydrogen (secondary N) is 2. The second kappa shape index (κ2) is 3.23. The van der Waals surface area contributed by atoms with E-state index >= 15 is 0 Å². The average molecular weight is 158 g/mol. The van der Waals surface area contributed by atoms with E-state index in [2.05, 4.69) is 5.32 Å². The van der Waals surface area contributed by atoms with Crippen molar-refractivity contribution in [2.45, 2.75) is 25.8 Å². The van der Waals surface area contributed by atoms with Crippen LogP contribution in [0.5, 0.6) is 0 Å². The maximum absolute atomic E-state index is 10.4. The fraction of sp³-hybridized carbons (Fsp3) is 0.667. The Morgan fingerprint density at radius 3 is 2.18 bits per heavy atom. The van der Waals surface area contributed by atoms with Gasteiger partial charge in [-0.3, -0.25) is 5.41 Å². The van der Waals surface area contributed by atoms with Crippen molar-refractivity contribution >= 4 is 11.9 Å². The first-order chi connectivity index (χ1) is 4.92. The molecule has 0 aliphatic carbocycles. The first-order valence-electron chi connectivity index (χ1n) is 3.34. The van der Waals surface area contributed by atoms with E-state index in [9.17, 15) is 4.79 Å². The maximum Gasteiger partial charge on any atom is 0.312 e. The minimum Gasteiger partial charge on any atom is -0.386 e. The number of carbonyl (C=O) groups is 1. The summed E-state index contributed by atoms with van der Waals surface area (Å²) in [6.07, 6.45) is 0.547. The Balaban J connectivity index is 4.34. The number of urea groups is 1. The van der Waals surface area contributed by atoms with E-state index in [1.807, 2.05) is 6.92 Å². The average Bonchev–Trinajstić information content (AvgIpc) is 1.86. The lowest BCUT2D eigenvalue weighted by Crippen LogP contribution is -2.56. The summed E-state index contributed by atoms with van der Waals surface area (Å²) in [6, 6.07) is -0.662. The molecule has 0 rings (SSSR count). The first-order valence-corrected chi connectivity index (χ1v) is 3.34. The lowest BCUT2D eigenvalue weighted by Gasteiger charge is -2.26. The molecule has 6 N–H and O–H groups in total. The number of amides is 2. The lowest BCUT2D eigenvalue weighted by atomic mass is 9.98. The third-order valence-electron chi connectivity index (χ3n) is 1.70. The van der Waals surface area contributed by atoms with Gasteiger partial charge < -0.3 is 16.8 Å². The number of rotatable bonds is 3. The summed E-state index contributed by atoms with van der Waals surface area (Å²) in [7, 11) is 0. The van der Waals surface area contributed by atoms with Gasteiger partial charge in [0.15, 0.2) is 0 Å². The van der Waals surface area contributed by atoms with Gasteiger partial charge in [0.25, 0.3) is 0 Å². The van der Waals surface area contributed by atoms with Crippen LogP contribution in [-0.2, 0) is 0 Å². The predicted octanol–water partition coefficient (Wildman–Crippen LogP) is -0.241. The highest BCUT2D eigenvalue weighted by Gasteiger charge is 2.26. The van der Waals surface area contributed by atoms with Crippen LogP contribution < -0.4 is 16.8 Å². The molecule has 0 aliphatic rings. The molecule has 64 valence electrons. The zero-order chi connectivity index (χ0) is 9.07. The fourth-order valence-electron chi connectivity index (χ4n) is 0.618. The Labute approximate surface area is 65.6 Å². The molecule has 0 aromatic heterocycles. The Kier molecular flexibility index (Phi) is 2.86. The summed E-state index contributed by atoms with van der Waals surface area (Å²) in [5, 5.41) is 9.54. The molecule has 0 spiro atoms. The molecule has 0 bridgehead atoms. The highest BCUT2D eigenvalue weighted by atomic mass is 16.2. The lowest BCUT2D eigenvalue weighted by molar-refractivity contribution is 0.242. The number of nitrogens with two attached hydrogens (primary N) is 2. The number of amidine groups is 1. The van der Waals surface area contributed by atoms with Crippen LogP contribution in [0, 0.1) is 5.41 Å². The van der Waals surface area contributed by atoms with Crippen molar-refractivity contribution in [2.75, 3.05) is 0 Å². The van der Waals surface area contributed by atoms with E-state index in [1.54, 1.807) is 6.92 Å². The van der Waals surface area contributed by atoms with E-state index in [0.717, 1.165) is 0 Å². The van der Waals surface area contributed by atoms with E-state index in [1.165, 1.54) is 0 Å². The molecule has 0 aliphatic heterocycles. The van der Waals surface area contributed by atoms with Gasteiger partial charge in [0.1, 0.15) is 5.84 Å². The van der Waals surface area contributed by atoms with Crippen molar-refractivity contribution in [3.63, 3.8) is 0 Å². The van der Waals surface area contributed by atoms with Crippen molar-refractivity contribution in [2.24, 2.45) is 11.5 Å². The summed E-state index contributed by atoms with van der Waals surface area (Å²) in [4.78, 5) is 10.4. The summed E-state index contributed by atoms with van der Waals surface area (Å²) in [5.74, 6) is -0.0844. The normalized spacial score (nSPS) is 15.1. The summed E-state index contributed by atoms with van der Waals surface area (Å²) in [5.41, 5.74) is 9.33. The molecule has 5 nitrogen and oxygen atoms in total. The van der Waals surface area contributed by atoms with Crippen molar-refractivity contribution < 1.29 is 4.79 Å². The minimum atomic E-state index is -0.800. The molecule has 0 saturated heterocycles. The molecule has 0 fully saturated rings. The van der Waals surface area contributed by atoms with Gasteiger partial charge in [0.2, 0.25) is 0 Å². The Morgan fingerprint density at radius 1 is 1.64 bits per heavy atom. The molecule has 5 heteroatoms. The van der Waals surface area contributed by atoms with Gasteiger partial charge in [0, 0.05) is 0 Å². The Bertz CT molecular complexity index is 179. The third-order valence-corrected chi connectivity index (χ3v) is 1.70. The topological polar surface area (TPSA) is 105 Å². The summed E-state index contributed by atoms with van der Waals surface area (Å²) >= 11 is 0. The second-order valence-corrected chi connectivity index (χ2v) is 2.59. The molecule has 1 atom stereocenters. The molecule has 1 unspecified atom stereocenters. The largest absolute Gasteiger partial charge is 0.386 e. The highest BCUT2D eigenvalue weighted by Crippen LogP contribution is 2.06. The van der Waals surface area contributed by atoms with Crippen LogP contribution in [0.1, 0.15) is 20.3 Å². The molecule has 2 amide bonds. The third kappa shape index (κ3) is 2.45. The first kappa shape index (κ1) is 9.74. The molecule has 0 aromatic carbocycles. The van der Waals surface area contributed by atoms with Gasteiger partial charge >= 0.3 is 6.03 Å². The van der Waals surface area contributed by atoms with Crippen molar-refractivity contribution in [3.05, 3.63) is 0 Å². The SMILES string of the molecule is CCC(C)(NC(N)=O)C(=N)N. The Morgan fingerprint density at radius 2 is 2.09 bits per heavy atom. The number of hydrogen-bond acceptors (Lipinski definition) is 2. The quantitative estimate of drug-likeness (QED) is 0.336. The zero-order valence-electron chi connectivity index (χ0n) is 6.77. The standard InChI is InChI=1S/C6H14N4O/c1-3-6(2,4(7)8)10-5(9)11/h3H2,1-2H3,(H3,7,8)(H3,9,10,11). The van der Waals surface area contributed by atoms with Gasteiger partial charge in [-0.05, 0) is 13.3 Å². The number of primary amides is 1. The second-order valence-electron chi connectivity index (χ2n) is 2.59. The minimum absolute atomic E-state index is 0.0844. The van der Waals surface area contributed by atoms with Crippen LogP contribution in [0.4, 0.5) is 4.79 Å². The van der Waals surface area contributed by atoms with E-state index in [0.29, 0.717) is 6.42 Å². The van der Waals surface area contributed by atoms with Gasteiger partial charge in [-0.2, -0.15) is 0 Å². The smallest absolute Gasteiger partial charge is 0.312 e. The van der Waals surface area contributed by atoms with Crippen molar-refractivity contribution in [3.8, 4) is 0 Å². The van der Waals surface area contributed by atoms with Gasteiger partial charge in [0.05, 0.1) is 5.54 Å². The van der Waals surface area contributed by atoms with Crippen LogP contribution in [0.15, 0.2) is 0 Å². The van der Waals surface area contributed by atoms with E-state index in [4.69, 9.17) is 16.9 Å². The van der Waals surface area contributed by atoms with Crippen molar-refractivity contribution in [1.29, 1.82) is 5.41 Å². The van der Waals surface area contributed by atoms with E-state index in [-0.39, 0.29) is 5.84 Å². The van der Waals surface area contributed by atoms with Gasteiger partial charge in [-0.15, -0.1) is 0 Å². The zero-order valence-corrected chi connectivity index (χ0v) is 6.77. The molecular weight excluding hydrogens is 144 g/mol. The predicted molar refractivity (Wildman–Crippen MR) is 43.3 cm³/mol. The molecule has 0 radical (unpaired) electrons. The summed E-state index contributed by atoms with van der Waals surface area (Å²) in [6.45, 7) is 3.47. The molecule has 0 aromatic rings.